The number of methoxy groups -OCH3 is 1. The lowest BCUT2D eigenvalue weighted by Crippen LogP contribution is -2.37. The second kappa shape index (κ2) is 7.52. The molecule has 1 rings (SSSR count). The Morgan fingerprint density at radius 3 is 2.55 bits per heavy atom. The van der Waals surface area contributed by atoms with Gasteiger partial charge in [-0.15, -0.1) is 0 Å². The third-order valence-corrected chi connectivity index (χ3v) is 2.84. The number of hydrogen-bond acceptors (Lipinski definition) is 6. The molecule has 0 unspecified atom stereocenters. The maximum atomic E-state index is 11.9. The number of nitrogens with zero attached hydrogens (tertiary/aromatic N) is 4. The van der Waals surface area contributed by atoms with Crippen LogP contribution < -0.4 is 15.0 Å². The minimum Gasteiger partial charge on any atom is -0.490 e. The van der Waals surface area contributed by atoms with Crippen LogP contribution in [-0.4, -0.2) is 61.6 Å². The predicted octanol–water partition coefficient (Wildman–Crippen LogP) is 0.832. The second-order valence-corrected chi connectivity index (χ2v) is 4.41. The van der Waals surface area contributed by atoms with Crippen molar-refractivity contribution >= 4 is 17.5 Å². The number of carbonyl (C=O) groups excluding carboxylic acids is 1. The molecule has 1 heterocycles. The summed E-state index contributed by atoms with van der Waals surface area (Å²) in [6, 6.07) is 0. The molecule has 7 nitrogen and oxygen atoms in total. The molecule has 0 bridgehead atoms. The number of rotatable bonds is 7. The van der Waals surface area contributed by atoms with Gasteiger partial charge in [0.25, 0.3) is 0 Å². The zero-order valence-electron chi connectivity index (χ0n) is 12.8. The first kappa shape index (κ1) is 16.0. The van der Waals surface area contributed by atoms with E-state index in [1.54, 1.807) is 26.1 Å². The van der Waals surface area contributed by atoms with Gasteiger partial charge in [0.2, 0.25) is 11.7 Å². The molecule has 1 amide bonds. The van der Waals surface area contributed by atoms with Gasteiger partial charge >= 0.3 is 0 Å². The van der Waals surface area contributed by atoms with Crippen molar-refractivity contribution in [3.8, 4) is 5.75 Å². The third kappa shape index (κ3) is 3.72. The van der Waals surface area contributed by atoms with E-state index in [0.29, 0.717) is 23.9 Å². The van der Waals surface area contributed by atoms with Gasteiger partial charge in [-0.2, -0.15) is 0 Å². The van der Waals surface area contributed by atoms with Crippen molar-refractivity contribution in [2.45, 2.75) is 13.8 Å². The fraction of sp³-hybridized carbons (Fsp3) is 0.615. The molecule has 0 aliphatic heterocycles. The van der Waals surface area contributed by atoms with Gasteiger partial charge in [-0.25, -0.2) is 9.97 Å². The molecule has 0 aliphatic carbocycles. The summed E-state index contributed by atoms with van der Waals surface area (Å²) in [6.07, 6.45) is 1.47. The first-order valence-corrected chi connectivity index (χ1v) is 6.63. The van der Waals surface area contributed by atoms with Crippen LogP contribution in [0.15, 0.2) is 6.33 Å². The molecule has 0 radical (unpaired) electrons. The Bertz CT molecular complexity index is 450. The van der Waals surface area contributed by atoms with E-state index < -0.39 is 0 Å². The largest absolute Gasteiger partial charge is 0.490 e. The van der Waals surface area contributed by atoms with Crippen LogP contribution in [0.2, 0.25) is 0 Å². The average Bonchev–Trinajstić information content (AvgIpc) is 2.44. The highest BCUT2D eigenvalue weighted by molar-refractivity contribution is 5.81. The number of amides is 1. The molecule has 1 aromatic rings. The number of likely N-dealkylation sites (N-methyl/N-ethyl adjacent to an activating group) is 2. The predicted molar refractivity (Wildman–Crippen MR) is 79.3 cm³/mol. The highest BCUT2D eigenvalue weighted by Crippen LogP contribution is 2.31. The average molecular weight is 281 g/mol. The van der Waals surface area contributed by atoms with E-state index in [1.807, 2.05) is 18.7 Å². The number of anilines is 2. The lowest BCUT2D eigenvalue weighted by Gasteiger charge is -2.25. The molecule has 7 heteroatoms. The lowest BCUT2D eigenvalue weighted by molar-refractivity contribution is -0.127. The van der Waals surface area contributed by atoms with Gasteiger partial charge in [-0.1, -0.05) is 0 Å². The molecular weight excluding hydrogens is 258 g/mol. The standard InChI is InChI=1S/C13H23N5O2/c1-6-14-12-11(20-5)13(16-9-15-12)18(7-2)8-10(19)17(3)4/h9H,6-8H2,1-5H3,(H,14,15,16). The molecule has 0 saturated carbocycles. The van der Waals surface area contributed by atoms with Crippen molar-refractivity contribution in [3.05, 3.63) is 6.33 Å². The minimum atomic E-state index is 0.0116. The first-order valence-electron chi connectivity index (χ1n) is 6.63. The normalized spacial score (nSPS) is 10.1. The number of ether oxygens (including phenoxy) is 1. The molecule has 1 aromatic heterocycles. The van der Waals surface area contributed by atoms with Gasteiger partial charge in [0, 0.05) is 27.2 Å². The number of nitrogens with one attached hydrogen (secondary N) is 1. The van der Waals surface area contributed by atoms with Crippen LogP contribution in [0.4, 0.5) is 11.6 Å². The number of hydrogen-bond donors (Lipinski definition) is 1. The molecule has 0 atom stereocenters. The summed E-state index contributed by atoms with van der Waals surface area (Å²) in [6.45, 7) is 5.59. The van der Waals surface area contributed by atoms with Gasteiger partial charge in [0.05, 0.1) is 13.7 Å². The zero-order valence-corrected chi connectivity index (χ0v) is 12.8. The molecule has 0 fully saturated rings. The topological polar surface area (TPSA) is 70.6 Å². The number of aromatic nitrogens is 2. The Hall–Kier alpha value is -2.05. The molecule has 0 aromatic carbocycles. The van der Waals surface area contributed by atoms with Gasteiger partial charge in [0.15, 0.2) is 11.6 Å². The number of carbonyl (C=O) groups is 1. The summed E-state index contributed by atoms with van der Waals surface area (Å²) in [5, 5.41) is 3.12. The van der Waals surface area contributed by atoms with E-state index in [-0.39, 0.29) is 12.5 Å². The summed E-state index contributed by atoms with van der Waals surface area (Å²) in [4.78, 5) is 23.7. The molecule has 0 saturated heterocycles. The van der Waals surface area contributed by atoms with E-state index in [2.05, 4.69) is 15.3 Å². The Balaban J connectivity index is 3.08. The van der Waals surface area contributed by atoms with Crippen LogP contribution in [-0.2, 0) is 4.79 Å². The molecule has 112 valence electrons. The van der Waals surface area contributed by atoms with E-state index in [1.165, 1.54) is 6.33 Å². The quantitative estimate of drug-likeness (QED) is 0.798. The van der Waals surface area contributed by atoms with Gasteiger partial charge in [-0.05, 0) is 13.8 Å². The van der Waals surface area contributed by atoms with Crippen molar-refractivity contribution in [1.29, 1.82) is 0 Å². The van der Waals surface area contributed by atoms with Crippen LogP contribution in [0.5, 0.6) is 5.75 Å². The fourth-order valence-corrected chi connectivity index (χ4v) is 1.71. The van der Waals surface area contributed by atoms with E-state index in [9.17, 15) is 4.79 Å². The fourth-order valence-electron chi connectivity index (χ4n) is 1.71. The van der Waals surface area contributed by atoms with Crippen molar-refractivity contribution in [2.24, 2.45) is 0 Å². The minimum absolute atomic E-state index is 0.0116. The highest BCUT2D eigenvalue weighted by Gasteiger charge is 2.19. The first-order chi connectivity index (χ1) is 9.54. The maximum absolute atomic E-state index is 11.9. The van der Waals surface area contributed by atoms with E-state index in [4.69, 9.17) is 4.74 Å². The van der Waals surface area contributed by atoms with Crippen molar-refractivity contribution in [2.75, 3.05) is 51.1 Å². The van der Waals surface area contributed by atoms with Crippen molar-refractivity contribution in [1.82, 2.24) is 14.9 Å². The Kier molecular flexibility index (Phi) is 6.02. The van der Waals surface area contributed by atoms with Crippen LogP contribution >= 0.6 is 0 Å². The molecule has 0 spiro atoms. The molecular formula is C13H23N5O2. The zero-order chi connectivity index (χ0) is 15.1. The molecule has 1 N–H and O–H groups in total. The lowest BCUT2D eigenvalue weighted by atomic mass is 10.3. The van der Waals surface area contributed by atoms with Crippen LogP contribution in [0.1, 0.15) is 13.8 Å². The summed E-state index contributed by atoms with van der Waals surface area (Å²) in [5.74, 6) is 1.83. The van der Waals surface area contributed by atoms with E-state index >= 15 is 0 Å². The summed E-state index contributed by atoms with van der Waals surface area (Å²) < 4.78 is 5.40. The smallest absolute Gasteiger partial charge is 0.241 e. The molecule has 0 aliphatic rings. The monoisotopic (exact) mass is 281 g/mol. The van der Waals surface area contributed by atoms with Crippen LogP contribution in [0, 0.1) is 0 Å². The third-order valence-electron chi connectivity index (χ3n) is 2.84. The van der Waals surface area contributed by atoms with Gasteiger partial charge < -0.3 is 19.9 Å². The second-order valence-electron chi connectivity index (χ2n) is 4.41. The van der Waals surface area contributed by atoms with Gasteiger partial charge in [-0.3, -0.25) is 4.79 Å². The highest BCUT2D eigenvalue weighted by atomic mass is 16.5. The van der Waals surface area contributed by atoms with Gasteiger partial charge in [0.1, 0.15) is 6.33 Å². The van der Waals surface area contributed by atoms with Crippen molar-refractivity contribution in [3.63, 3.8) is 0 Å². The Morgan fingerprint density at radius 1 is 1.35 bits per heavy atom. The summed E-state index contributed by atoms with van der Waals surface area (Å²) in [5.41, 5.74) is 0. The Morgan fingerprint density at radius 2 is 2.05 bits per heavy atom. The summed E-state index contributed by atoms with van der Waals surface area (Å²) >= 11 is 0. The van der Waals surface area contributed by atoms with Crippen LogP contribution in [0.3, 0.4) is 0 Å². The summed E-state index contributed by atoms with van der Waals surface area (Å²) in [7, 11) is 5.04. The molecule has 20 heavy (non-hydrogen) atoms. The SMILES string of the molecule is CCNc1ncnc(N(CC)CC(=O)N(C)C)c1OC. The maximum Gasteiger partial charge on any atom is 0.241 e. The Labute approximate surface area is 119 Å². The van der Waals surface area contributed by atoms with E-state index in [0.717, 1.165) is 6.54 Å². The van der Waals surface area contributed by atoms with Crippen LogP contribution in [0.25, 0.3) is 0 Å². The van der Waals surface area contributed by atoms with Crippen molar-refractivity contribution < 1.29 is 9.53 Å².